The van der Waals surface area contributed by atoms with E-state index in [-0.39, 0.29) is 11.9 Å². The summed E-state index contributed by atoms with van der Waals surface area (Å²) < 4.78 is 11.2. The third kappa shape index (κ3) is 3.48. The maximum absolute atomic E-state index is 13.1. The third-order valence-electron chi connectivity index (χ3n) is 4.41. The SMILES string of the molecule is COc1cc(C(=O)N2c3ccccc3CC2C)ccc1OCC(C)C. The van der Waals surface area contributed by atoms with Gasteiger partial charge in [0.25, 0.3) is 5.91 Å². The number of nitrogens with zero attached hydrogens (tertiary/aromatic N) is 1. The predicted octanol–water partition coefficient (Wildman–Crippen LogP) is 4.32. The van der Waals surface area contributed by atoms with Crippen molar-refractivity contribution in [3.8, 4) is 11.5 Å². The van der Waals surface area contributed by atoms with Crippen molar-refractivity contribution < 1.29 is 14.3 Å². The summed E-state index contributed by atoms with van der Waals surface area (Å²) in [5.74, 6) is 1.67. The molecule has 0 saturated heterocycles. The summed E-state index contributed by atoms with van der Waals surface area (Å²) in [5, 5.41) is 0. The number of fused-ring (bicyclic) bond motifs is 1. The molecular formula is C21H25NO3. The van der Waals surface area contributed by atoms with Crippen LogP contribution in [0.2, 0.25) is 0 Å². The van der Waals surface area contributed by atoms with E-state index in [1.807, 2.05) is 35.2 Å². The molecule has 1 amide bonds. The molecule has 0 aromatic heterocycles. The molecule has 1 aliphatic heterocycles. The quantitative estimate of drug-likeness (QED) is 0.814. The molecule has 2 aromatic rings. The van der Waals surface area contributed by atoms with Crippen LogP contribution in [-0.4, -0.2) is 25.7 Å². The van der Waals surface area contributed by atoms with Crippen LogP contribution in [0, 0.1) is 5.92 Å². The maximum atomic E-state index is 13.1. The van der Waals surface area contributed by atoms with E-state index in [1.165, 1.54) is 5.56 Å². The van der Waals surface area contributed by atoms with Gasteiger partial charge in [0, 0.05) is 17.3 Å². The minimum atomic E-state index is -0.00819. The molecule has 0 N–H and O–H groups in total. The van der Waals surface area contributed by atoms with Gasteiger partial charge in [-0.1, -0.05) is 32.0 Å². The molecule has 0 bridgehead atoms. The second kappa shape index (κ2) is 7.18. The molecule has 0 fully saturated rings. The first-order valence-electron chi connectivity index (χ1n) is 8.73. The number of anilines is 1. The van der Waals surface area contributed by atoms with Gasteiger partial charge < -0.3 is 14.4 Å². The molecule has 0 radical (unpaired) electrons. The zero-order valence-corrected chi connectivity index (χ0v) is 15.3. The fourth-order valence-electron chi connectivity index (χ4n) is 3.19. The number of hydrogen-bond donors (Lipinski definition) is 0. The van der Waals surface area contributed by atoms with Crippen molar-refractivity contribution in [2.24, 2.45) is 5.92 Å². The van der Waals surface area contributed by atoms with E-state index in [9.17, 15) is 4.79 Å². The summed E-state index contributed by atoms with van der Waals surface area (Å²) in [4.78, 5) is 15.0. The van der Waals surface area contributed by atoms with Gasteiger partial charge in [0.1, 0.15) is 0 Å². The van der Waals surface area contributed by atoms with Gasteiger partial charge in [0.2, 0.25) is 0 Å². The first-order chi connectivity index (χ1) is 12.0. The number of ether oxygens (including phenoxy) is 2. The van der Waals surface area contributed by atoms with Crippen LogP contribution in [-0.2, 0) is 6.42 Å². The smallest absolute Gasteiger partial charge is 0.258 e. The van der Waals surface area contributed by atoms with Crippen LogP contribution < -0.4 is 14.4 Å². The Hall–Kier alpha value is -2.49. The number of benzene rings is 2. The first kappa shape index (κ1) is 17.3. The number of methoxy groups -OCH3 is 1. The minimum absolute atomic E-state index is 0.00819. The first-order valence-corrected chi connectivity index (χ1v) is 8.73. The Balaban J connectivity index is 1.88. The Kier molecular flexibility index (Phi) is 4.98. The molecule has 1 heterocycles. The van der Waals surface area contributed by atoms with Gasteiger partial charge in [-0.05, 0) is 49.1 Å². The van der Waals surface area contributed by atoms with E-state index in [0.717, 1.165) is 12.1 Å². The van der Waals surface area contributed by atoms with Gasteiger partial charge in [-0.25, -0.2) is 0 Å². The molecule has 25 heavy (non-hydrogen) atoms. The lowest BCUT2D eigenvalue weighted by molar-refractivity contribution is 0.0981. The molecule has 1 atom stereocenters. The second-order valence-electron chi connectivity index (χ2n) is 6.93. The van der Waals surface area contributed by atoms with Crippen molar-refractivity contribution in [1.82, 2.24) is 0 Å². The average molecular weight is 339 g/mol. The van der Waals surface area contributed by atoms with Gasteiger partial charge in [-0.3, -0.25) is 4.79 Å². The summed E-state index contributed by atoms with van der Waals surface area (Å²) in [6.45, 7) is 6.88. The van der Waals surface area contributed by atoms with E-state index < -0.39 is 0 Å². The predicted molar refractivity (Wildman–Crippen MR) is 99.7 cm³/mol. The fraction of sp³-hybridized carbons (Fsp3) is 0.381. The van der Waals surface area contributed by atoms with Crippen molar-refractivity contribution in [2.45, 2.75) is 33.2 Å². The van der Waals surface area contributed by atoms with Crippen molar-refractivity contribution >= 4 is 11.6 Å². The monoisotopic (exact) mass is 339 g/mol. The molecule has 132 valence electrons. The van der Waals surface area contributed by atoms with Gasteiger partial charge in [-0.15, -0.1) is 0 Å². The van der Waals surface area contributed by atoms with E-state index in [4.69, 9.17) is 9.47 Å². The molecular weight excluding hydrogens is 314 g/mol. The molecule has 0 saturated carbocycles. The molecule has 2 aromatic carbocycles. The number of carbonyl (C=O) groups is 1. The van der Waals surface area contributed by atoms with Crippen LogP contribution in [0.3, 0.4) is 0 Å². The summed E-state index contributed by atoms with van der Waals surface area (Å²) in [5.41, 5.74) is 2.82. The van der Waals surface area contributed by atoms with Crippen LogP contribution in [0.5, 0.6) is 11.5 Å². The number of carbonyl (C=O) groups excluding carboxylic acids is 1. The fourth-order valence-corrected chi connectivity index (χ4v) is 3.19. The summed E-state index contributed by atoms with van der Waals surface area (Å²) in [7, 11) is 1.60. The van der Waals surface area contributed by atoms with Gasteiger partial charge >= 0.3 is 0 Å². The number of amides is 1. The largest absolute Gasteiger partial charge is 0.493 e. The molecule has 1 aliphatic rings. The summed E-state index contributed by atoms with van der Waals surface area (Å²) in [6, 6.07) is 13.6. The Morgan fingerprint density at radius 1 is 1.20 bits per heavy atom. The molecule has 0 spiro atoms. The lowest BCUT2D eigenvalue weighted by Crippen LogP contribution is -2.35. The Labute approximate surface area is 149 Å². The highest BCUT2D eigenvalue weighted by Crippen LogP contribution is 2.35. The Morgan fingerprint density at radius 2 is 1.96 bits per heavy atom. The summed E-state index contributed by atoms with van der Waals surface area (Å²) >= 11 is 0. The molecule has 3 rings (SSSR count). The number of hydrogen-bond acceptors (Lipinski definition) is 3. The highest BCUT2D eigenvalue weighted by molar-refractivity contribution is 6.08. The van der Waals surface area contributed by atoms with E-state index in [2.05, 4.69) is 26.8 Å². The Morgan fingerprint density at radius 3 is 2.68 bits per heavy atom. The molecule has 1 unspecified atom stereocenters. The van der Waals surface area contributed by atoms with E-state index in [0.29, 0.717) is 29.6 Å². The maximum Gasteiger partial charge on any atom is 0.258 e. The number of rotatable bonds is 5. The zero-order chi connectivity index (χ0) is 18.0. The molecule has 4 heteroatoms. The average Bonchev–Trinajstić information content (AvgIpc) is 2.94. The second-order valence-corrected chi connectivity index (χ2v) is 6.93. The summed E-state index contributed by atoms with van der Waals surface area (Å²) in [6.07, 6.45) is 0.884. The van der Waals surface area contributed by atoms with Crippen LogP contribution in [0.25, 0.3) is 0 Å². The van der Waals surface area contributed by atoms with Crippen LogP contribution in [0.4, 0.5) is 5.69 Å². The van der Waals surface area contributed by atoms with Gasteiger partial charge in [0.05, 0.1) is 13.7 Å². The highest BCUT2D eigenvalue weighted by atomic mass is 16.5. The van der Waals surface area contributed by atoms with E-state index >= 15 is 0 Å². The molecule has 4 nitrogen and oxygen atoms in total. The van der Waals surface area contributed by atoms with Crippen molar-refractivity contribution in [2.75, 3.05) is 18.6 Å². The lowest BCUT2D eigenvalue weighted by Gasteiger charge is -2.23. The zero-order valence-electron chi connectivity index (χ0n) is 15.3. The van der Waals surface area contributed by atoms with E-state index in [1.54, 1.807) is 13.2 Å². The normalized spacial score (nSPS) is 16.0. The Bertz CT molecular complexity index is 769. The highest BCUT2D eigenvalue weighted by Gasteiger charge is 2.31. The third-order valence-corrected chi connectivity index (χ3v) is 4.41. The van der Waals surface area contributed by atoms with Gasteiger partial charge in [-0.2, -0.15) is 0 Å². The van der Waals surface area contributed by atoms with Crippen LogP contribution in [0.1, 0.15) is 36.7 Å². The van der Waals surface area contributed by atoms with Crippen LogP contribution in [0.15, 0.2) is 42.5 Å². The lowest BCUT2D eigenvalue weighted by atomic mass is 10.1. The van der Waals surface area contributed by atoms with Crippen LogP contribution >= 0.6 is 0 Å². The van der Waals surface area contributed by atoms with Crippen molar-refractivity contribution in [3.63, 3.8) is 0 Å². The van der Waals surface area contributed by atoms with Crippen molar-refractivity contribution in [3.05, 3.63) is 53.6 Å². The molecule has 0 aliphatic carbocycles. The topological polar surface area (TPSA) is 38.8 Å². The standard InChI is InChI=1S/C21H25NO3/c1-14(2)13-25-19-10-9-17(12-20(19)24-4)21(23)22-15(3)11-16-7-5-6-8-18(16)22/h5-10,12,14-15H,11,13H2,1-4H3. The van der Waals surface area contributed by atoms with Gasteiger partial charge in [0.15, 0.2) is 11.5 Å². The number of para-hydroxylation sites is 1. The van der Waals surface area contributed by atoms with Crippen molar-refractivity contribution in [1.29, 1.82) is 0 Å². The minimum Gasteiger partial charge on any atom is -0.493 e.